The van der Waals surface area contributed by atoms with Gasteiger partial charge in [-0.1, -0.05) is 0 Å². The van der Waals surface area contributed by atoms with E-state index in [1.807, 2.05) is 25.1 Å². The van der Waals surface area contributed by atoms with Gasteiger partial charge in [-0.25, -0.2) is 0 Å². The Hall–Kier alpha value is -1.39. The van der Waals surface area contributed by atoms with E-state index in [9.17, 15) is 8.42 Å². The maximum absolute atomic E-state index is 12.9. The van der Waals surface area contributed by atoms with Crippen LogP contribution in [0.25, 0.3) is 0 Å². The molecule has 0 amide bonds. The van der Waals surface area contributed by atoms with Crippen LogP contribution in [0.4, 0.5) is 0 Å². The van der Waals surface area contributed by atoms with Crippen LogP contribution in [0.5, 0.6) is 0 Å². The zero-order chi connectivity index (χ0) is 18.9. The van der Waals surface area contributed by atoms with Crippen LogP contribution >= 0.6 is 0 Å². The second-order valence-corrected chi connectivity index (χ2v) is 11.9. The third-order valence-electron chi connectivity index (χ3n) is 5.36. The van der Waals surface area contributed by atoms with E-state index in [1.54, 1.807) is 12.1 Å². The first kappa shape index (κ1) is 18.9. The van der Waals surface area contributed by atoms with Crippen molar-refractivity contribution in [3.05, 3.63) is 71.1 Å². The van der Waals surface area contributed by atoms with E-state index in [2.05, 4.69) is 24.3 Å². The zero-order valence-electron chi connectivity index (χ0n) is 15.4. The van der Waals surface area contributed by atoms with Crippen LogP contribution in [0.15, 0.2) is 70.5 Å². The Kier molecular flexibility index (Phi) is 5.56. The number of ether oxygens (including phenoxy) is 1. The van der Waals surface area contributed by atoms with Crippen molar-refractivity contribution < 1.29 is 13.2 Å². The van der Waals surface area contributed by atoms with E-state index < -0.39 is 9.84 Å². The van der Waals surface area contributed by atoms with Crippen LogP contribution in [0.1, 0.15) is 24.8 Å². The fourth-order valence-electron chi connectivity index (χ4n) is 4.00. The van der Waals surface area contributed by atoms with E-state index in [-0.39, 0.29) is 12.0 Å². The summed E-state index contributed by atoms with van der Waals surface area (Å²) in [4.78, 5) is 0.866. The van der Waals surface area contributed by atoms with Gasteiger partial charge in [0.15, 0.2) is 0 Å². The fourth-order valence-corrected chi connectivity index (χ4v) is 8.30. The first-order chi connectivity index (χ1) is 13.0. The van der Waals surface area contributed by atoms with Crippen LogP contribution in [-0.2, 0) is 14.6 Å². The molecular formula is C22H24O3SSe. The Morgan fingerprint density at radius 2 is 1.78 bits per heavy atom. The molecule has 1 aliphatic carbocycles. The van der Waals surface area contributed by atoms with Gasteiger partial charge in [-0.3, -0.25) is 0 Å². The van der Waals surface area contributed by atoms with E-state index in [0.29, 0.717) is 31.3 Å². The quantitative estimate of drug-likeness (QED) is 0.672. The molecule has 0 bridgehead atoms. The van der Waals surface area contributed by atoms with Crippen molar-refractivity contribution in [2.24, 2.45) is 5.92 Å². The minimum absolute atomic E-state index is 0.175. The van der Waals surface area contributed by atoms with Crippen molar-refractivity contribution in [1.82, 2.24) is 0 Å². The number of aryl methyl sites for hydroxylation is 1. The maximum atomic E-state index is 12.9. The van der Waals surface area contributed by atoms with Crippen LogP contribution in [-0.4, -0.2) is 36.1 Å². The average Bonchev–Trinajstić information content (AvgIpc) is 3.06. The predicted octanol–water partition coefficient (Wildman–Crippen LogP) is 3.67. The second kappa shape index (κ2) is 7.92. The third kappa shape index (κ3) is 4.22. The second-order valence-electron chi connectivity index (χ2n) is 7.33. The molecule has 2 aromatic carbocycles. The zero-order valence-corrected chi connectivity index (χ0v) is 17.9. The van der Waals surface area contributed by atoms with Crippen molar-refractivity contribution >= 4 is 29.3 Å². The third-order valence-corrected chi connectivity index (χ3v) is 9.79. The van der Waals surface area contributed by atoms with Gasteiger partial charge < -0.3 is 0 Å². The molecule has 142 valence electrons. The average molecular weight is 447 g/mol. The molecule has 0 aromatic heterocycles. The van der Waals surface area contributed by atoms with E-state index >= 15 is 0 Å². The number of hydrogen-bond acceptors (Lipinski definition) is 3. The van der Waals surface area contributed by atoms with Gasteiger partial charge in [-0.2, -0.15) is 0 Å². The Morgan fingerprint density at radius 3 is 2.52 bits per heavy atom. The molecule has 3 nitrogen and oxygen atoms in total. The molecule has 5 heteroatoms. The van der Waals surface area contributed by atoms with E-state index in [4.69, 9.17) is 4.74 Å². The number of hydrogen-bond donors (Lipinski definition) is 0. The van der Waals surface area contributed by atoms with Gasteiger partial charge in [0, 0.05) is 0 Å². The Labute approximate surface area is 167 Å². The van der Waals surface area contributed by atoms with Crippen molar-refractivity contribution in [3.63, 3.8) is 0 Å². The monoisotopic (exact) mass is 448 g/mol. The summed E-state index contributed by atoms with van der Waals surface area (Å²) in [5.41, 5.74) is 2.02. The van der Waals surface area contributed by atoms with Crippen molar-refractivity contribution in [3.8, 4) is 0 Å². The molecule has 0 radical (unpaired) electrons. The molecular weight excluding hydrogens is 423 g/mol. The molecule has 1 saturated heterocycles. The molecule has 0 spiro atoms. The molecule has 3 atom stereocenters. The van der Waals surface area contributed by atoms with Gasteiger partial charge in [-0.15, -0.1) is 0 Å². The number of benzene rings is 2. The minimum atomic E-state index is -3.44. The van der Waals surface area contributed by atoms with Crippen LogP contribution in [0, 0.1) is 12.8 Å². The molecule has 2 fully saturated rings. The van der Waals surface area contributed by atoms with E-state index in [1.165, 1.54) is 16.3 Å². The summed E-state index contributed by atoms with van der Waals surface area (Å²) in [7, 11) is -3.44. The first-order valence-electron chi connectivity index (χ1n) is 9.38. The summed E-state index contributed by atoms with van der Waals surface area (Å²) in [6.45, 7) is 2.41. The number of fused-ring (bicyclic) bond motifs is 1. The summed E-state index contributed by atoms with van der Waals surface area (Å²) in [6.07, 6.45) is 3.53. The normalized spacial score (nSPS) is 26.9. The Morgan fingerprint density at radius 1 is 1.04 bits per heavy atom. The van der Waals surface area contributed by atoms with E-state index in [0.717, 1.165) is 24.0 Å². The van der Waals surface area contributed by atoms with Crippen LogP contribution in [0.3, 0.4) is 0 Å². The van der Waals surface area contributed by atoms with Crippen molar-refractivity contribution in [2.45, 2.75) is 42.0 Å². The summed E-state index contributed by atoms with van der Waals surface area (Å²) in [6, 6.07) is 17.7. The van der Waals surface area contributed by atoms with Gasteiger partial charge >= 0.3 is 168 Å². The van der Waals surface area contributed by atoms with Gasteiger partial charge in [0.05, 0.1) is 0 Å². The molecule has 0 unspecified atom stereocenters. The topological polar surface area (TPSA) is 43.4 Å². The van der Waals surface area contributed by atoms with Gasteiger partial charge in [0.2, 0.25) is 0 Å². The molecule has 0 N–H and O–H groups in total. The first-order valence-corrected chi connectivity index (χ1v) is 12.8. The van der Waals surface area contributed by atoms with Gasteiger partial charge in [0.1, 0.15) is 0 Å². The van der Waals surface area contributed by atoms with Crippen molar-refractivity contribution in [1.29, 1.82) is 0 Å². The van der Waals surface area contributed by atoms with Crippen LogP contribution < -0.4 is 4.46 Å². The summed E-state index contributed by atoms with van der Waals surface area (Å²) in [5, 5.41) is 1.50. The Balaban J connectivity index is 1.62. The molecule has 4 rings (SSSR count). The number of sulfone groups is 1. The van der Waals surface area contributed by atoms with Crippen molar-refractivity contribution in [2.75, 3.05) is 6.61 Å². The summed E-state index contributed by atoms with van der Waals surface area (Å²) >= 11 is 0.324. The standard InChI is InChI=1S/C22H24O3SSe/c1-16-10-12-18(13-11-16)26(23,24)15-17-14-25-20-8-5-9-21(22(17)20)27-19-6-3-2-4-7-19/h2-4,6-7,10-13,15,20-22H,5,8-9,14H2,1H3/b17-15+/t20-,21-,22-/m0/s1. The molecule has 1 aliphatic heterocycles. The molecule has 1 saturated carbocycles. The SMILES string of the molecule is Cc1ccc(S(=O)(=O)/C=C2\CO[C@H]3CCC[C@H]([Se]c4ccccc4)[C@@H]23)cc1. The molecule has 27 heavy (non-hydrogen) atoms. The Bertz CT molecular complexity index is 920. The predicted molar refractivity (Wildman–Crippen MR) is 109 cm³/mol. The molecule has 1 heterocycles. The molecule has 2 aromatic rings. The van der Waals surface area contributed by atoms with Crippen LogP contribution in [0.2, 0.25) is 4.82 Å². The molecule has 2 aliphatic rings. The van der Waals surface area contributed by atoms with Gasteiger partial charge in [0.25, 0.3) is 0 Å². The number of rotatable bonds is 4. The summed E-state index contributed by atoms with van der Waals surface area (Å²) in [5.74, 6) is 0.235. The summed E-state index contributed by atoms with van der Waals surface area (Å²) < 4.78 is 33.2. The fraction of sp³-hybridized carbons (Fsp3) is 0.364. The van der Waals surface area contributed by atoms with Gasteiger partial charge in [-0.05, 0) is 0 Å².